The summed E-state index contributed by atoms with van der Waals surface area (Å²) >= 11 is 0. The van der Waals surface area contributed by atoms with Crippen molar-refractivity contribution in [3.05, 3.63) is 122 Å². The smallest absolute Gasteiger partial charge is 0.306 e. The number of quaternary nitrogens is 1. The van der Waals surface area contributed by atoms with Gasteiger partial charge in [-0.15, -0.1) is 0 Å². The maximum atomic E-state index is 13.5. The number of hydrogen-bond donors (Lipinski definition) is 1. The van der Waals surface area contributed by atoms with E-state index in [0.717, 1.165) is 103 Å². The normalized spacial score (nSPS) is 14.5. The van der Waals surface area contributed by atoms with E-state index in [1.54, 1.807) is 0 Å². The lowest BCUT2D eigenvalue weighted by atomic mass is 10.1. The fourth-order valence-corrected chi connectivity index (χ4v) is 9.20. The van der Waals surface area contributed by atoms with Gasteiger partial charge in [0, 0.05) is 12.8 Å². The second-order valence-electron chi connectivity index (χ2n) is 22.2. The monoisotopic (exact) mass is 1120 g/mol. The van der Waals surface area contributed by atoms with Gasteiger partial charge in [0.2, 0.25) is 5.91 Å². The molecule has 1 N–H and O–H groups in total. The Morgan fingerprint density at radius 3 is 1.27 bits per heavy atom. The molecular formula is C69H119N2O7P. The molecule has 0 heterocycles. The second-order valence-corrected chi connectivity index (χ2v) is 23.6. The Labute approximate surface area is 486 Å². The molecule has 9 nitrogen and oxygen atoms in total. The van der Waals surface area contributed by atoms with Crippen molar-refractivity contribution in [1.29, 1.82) is 0 Å². The third kappa shape index (κ3) is 58.9. The van der Waals surface area contributed by atoms with E-state index in [4.69, 9.17) is 13.8 Å². The maximum absolute atomic E-state index is 13.5. The summed E-state index contributed by atoms with van der Waals surface area (Å²) in [4.78, 5) is 40.0. The Morgan fingerprint density at radius 1 is 0.456 bits per heavy atom. The topological polar surface area (TPSA) is 114 Å². The zero-order valence-corrected chi connectivity index (χ0v) is 52.4. The fraction of sp³-hybridized carbons (Fsp3) is 0.681. The number of hydrogen-bond acceptors (Lipinski definition) is 7. The number of phosphoric ester groups is 1. The van der Waals surface area contributed by atoms with Crippen molar-refractivity contribution in [1.82, 2.24) is 5.32 Å². The van der Waals surface area contributed by atoms with Gasteiger partial charge < -0.3 is 28.5 Å². The van der Waals surface area contributed by atoms with E-state index in [0.29, 0.717) is 23.9 Å². The van der Waals surface area contributed by atoms with Crippen LogP contribution in [0.1, 0.15) is 252 Å². The largest absolute Gasteiger partial charge is 0.756 e. The number of ether oxygens (including phenoxy) is 1. The van der Waals surface area contributed by atoms with Gasteiger partial charge in [-0.2, -0.15) is 0 Å². The van der Waals surface area contributed by atoms with E-state index in [1.807, 2.05) is 33.3 Å². The average Bonchev–Trinajstić information content (AvgIpc) is 3.41. The molecule has 0 saturated carbocycles. The van der Waals surface area contributed by atoms with Crippen molar-refractivity contribution in [2.75, 3.05) is 40.9 Å². The third-order valence-electron chi connectivity index (χ3n) is 13.4. The highest BCUT2D eigenvalue weighted by molar-refractivity contribution is 7.45. The molecule has 0 spiro atoms. The predicted molar refractivity (Wildman–Crippen MR) is 339 cm³/mol. The molecule has 0 aliphatic carbocycles. The van der Waals surface area contributed by atoms with Crippen LogP contribution >= 0.6 is 7.82 Å². The van der Waals surface area contributed by atoms with Crippen LogP contribution in [0.25, 0.3) is 0 Å². The average molecular weight is 1120 g/mol. The highest BCUT2D eigenvalue weighted by Gasteiger charge is 2.27. The highest BCUT2D eigenvalue weighted by atomic mass is 31.2. The minimum Gasteiger partial charge on any atom is -0.756 e. The number of nitrogens with one attached hydrogen (secondary N) is 1. The number of phosphoric acid groups is 1. The molecule has 3 unspecified atom stereocenters. The minimum atomic E-state index is -4.72. The van der Waals surface area contributed by atoms with E-state index >= 15 is 0 Å². The molecule has 79 heavy (non-hydrogen) atoms. The molecule has 0 aliphatic rings. The number of rotatable bonds is 56. The minimum absolute atomic E-state index is 0.0402. The lowest BCUT2D eigenvalue weighted by Gasteiger charge is -2.30. The molecule has 0 bridgehead atoms. The molecule has 452 valence electrons. The molecule has 0 aromatic rings. The number of allylic oxidation sites excluding steroid dienone is 19. The lowest BCUT2D eigenvalue weighted by Crippen LogP contribution is -2.47. The summed E-state index contributed by atoms with van der Waals surface area (Å²) in [6, 6.07) is -0.928. The zero-order chi connectivity index (χ0) is 57.9. The van der Waals surface area contributed by atoms with E-state index in [1.165, 1.54) is 103 Å². The SMILES string of the molecule is CC/C=C\C/C=C\C/C=C\C/C=C\C/C=C\CCCC(=O)NC(COP(=O)([O-])OCC[N+](C)(C)C)C(/C=C\CCCCCCCCCCC)OC(=O)CCCCCCCCCCC/C=C\C/C=C\C/C=C\C/C=C\CCCCC. The van der Waals surface area contributed by atoms with E-state index in [2.05, 4.69) is 135 Å². The molecule has 0 aliphatic heterocycles. The zero-order valence-electron chi connectivity index (χ0n) is 51.5. The van der Waals surface area contributed by atoms with Crippen molar-refractivity contribution < 1.29 is 37.3 Å². The Balaban J connectivity index is 5.23. The van der Waals surface area contributed by atoms with Crippen LogP contribution in [0.4, 0.5) is 0 Å². The first-order valence-corrected chi connectivity index (χ1v) is 33.3. The molecule has 1 amide bonds. The molecule has 10 heteroatoms. The molecule has 0 fully saturated rings. The first kappa shape index (κ1) is 75.4. The van der Waals surface area contributed by atoms with Crippen molar-refractivity contribution in [3.63, 3.8) is 0 Å². The molecule has 3 atom stereocenters. The summed E-state index contributed by atoms with van der Waals surface area (Å²) < 4.78 is 30.3. The van der Waals surface area contributed by atoms with Gasteiger partial charge >= 0.3 is 5.97 Å². The molecule has 0 radical (unpaired) electrons. The van der Waals surface area contributed by atoms with Gasteiger partial charge in [-0.1, -0.05) is 245 Å². The van der Waals surface area contributed by atoms with Crippen LogP contribution < -0.4 is 10.2 Å². The Bertz CT molecular complexity index is 1770. The predicted octanol–water partition coefficient (Wildman–Crippen LogP) is 19.3. The number of amides is 1. The first-order valence-electron chi connectivity index (χ1n) is 31.8. The van der Waals surface area contributed by atoms with Gasteiger partial charge in [-0.25, -0.2) is 0 Å². The van der Waals surface area contributed by atoms with Gasteiger partial charge in [0.25, 0.3) is 7.82 Å². The van der Waals surface area contributed by atoms with Crippen molar-refractivity contribution in [3.8, 4) is 0 Å². The molecule has 0 aromatic heterocycles. The van der Waals surface area contributed by atoms with Crippen molar-refractivity contribution in [2.45, 2.75) is 264 Å². The van der Waals surface area contributed by atoms with Crippen LogP contribution in [0.2, 0.25) is 0 Å². The van der Waals surface area contributed by atoms with Gasteiger partial charge in [-0.3, -0.25) is 14.2 Å². The Morgan fingerprint density at radius 2 is 0.823 bits per heavy atom. The summed E-state index contributed by atoms with van der Waals surface area (Å²) in [5, 5.41) is 2.99. The second kappa shape index (κ2) is 57.6. The first-order chi connectivity index (χ1) is 38.4. The number of unbranched alkanes of at least 4 members (excludes halogenated alkanes) is 22. The van der Waals surface area contributed by atoms with E-state index in [-0.39, 0.29) is 31.3 Å². The number of carbonyl (C=O) groups is 2. The van der Waals surface area contributed by atoms with E-state index in [9.17, 15) is 19.0 Å². The van der Waals surface area contributed by atoms with Crippen LogP contribution in [-0.2, 0) is 27.9 Å². The number of likely N-dealkylation sites (N-methyl/N-ethyl adjacent to an activating group) is 1. The van der Waals surface area contributed by atoms with Gasteiger partial charge in [0.05, 0.1) is 33.8 Å². The van der Waals surface area contributed by atoms with Crippen LogP contribution in [0.5, 0.6) is 0 Å². The van der Waals surface area contributed by atoms with Gasteiger partial charge in [-0.05, 0) is 115 Å². The molecule has 0 saturated heterocycles. The quantitative estimate of drug-likeness (QED) is 0.0212. The Kier molecular flexibility index (Phi) is 55.0. The standard InChI is InChI=1S/C69H119N2O7P/c1-7-10-13-16-19-22-25-27-29-31-32-33-34-35-36-37-38-40-42-44-47-50-53-56-59-62-69(73)78-67(60-57-54-51-48-45-24-21-18-15-12-9-3)66(65-77-79(74,75)76-64-63-71(4,5)6)70-68(72)61-58-55-52-49-46-43-41-39-30-28-26-23-20-17-14-11-8-2/h11,14,19-20,22-23,27-30,32-33,35-36,41,43,49,52,57,60,66-67H,7-10,12-13,15-18,21,24-26,31,34,37-40,42,44-48,50-51,53-56,58-59,61-65H2,1-6H3,(H-,70,72,74,75)/b14-11-,22-19-,23-20-,29-27-,30-28-,33-32-,36-35-,43-41-,52-49-,60-57-. The third-order valence-corrected chi connectivity index (χ3v) is 14.3. The summed E-state index contributed by atoms with van der Waals surface area (Å²) in [6.45, 7) is 6.63. The highest BCUT2D eigenvalue weighted by Crippen LogP contribution is 2.38. The lowest BCUT2D eigenvalue weighted by molar-refractivity contribution is -0.870. The molecule has 0 rings (SSSR count). The van der Waals surface area contributed by atoms with Crippen LogP contribution in [-0.4, -0.2) is 69.4 Å². The number of esters is 1. The van der Waals surface area contributed by atoms with Gasteiger partial charge in [0.15, 0.2) is 0 Å². The van der Waals surface area contributed by atoms with Crippen LogP contribution in [0, 0.1) is 0 Å². The maximum Gasteiger partial charge on any atom is 0.306 e. The number of nitrogens with zero attached hydrogens (tertiary/aromatic N) is 1. The molecule has 0 aromatic carbocycles. The summed E-state index contributed by atoms with van der Waals surface area (Å²) in [5.74, 6) is -0.624. The van der Waals surface area contributed by atoms with Crippen LogP contribution in [0.15, 0.2) is 122 Å². The number of carbonyl (C=O) groups excluding carboxylic acids is 2. The summed E-state index contributed by atoms with van der Waals surface area (Å²) in [5.41, 5.74) is 0. The summed E-state index contributed by atoms with van der Waals surface area (Å²) in [7, 11) is 1.13. The van der Waals surface area contributed by atoms with Crippen molar-refractivity contribution in [2.24, 2.45) is 0 Å². The van der Waals surface area contributed by atoms with Gasteiger partial charge in [0.1, 0.15) is 19.3 Å². The summed E-state index contributed by atoms with van der Waals surface area (Å²) in [6.07, 6.45) is 80.4. The van der Waals surface area contributed by atoms with Crippen LogP contribution in [0.3, 0.4) is 0 Å². The Hall–Kier alpha value is -3.59. The fourth-order valence-electron chi connectivity index (χ4n) is 8.48. The van der Waals surface area contributed by atoms with Crippen molar-refractivity contribution >= 4 is 19.7 Å². The van der Waals surface area contributed by atoms with E-state index < -0.39 is 26.6 Å². The molecular weight excluding hydrogens is 1000 g/mol.